The second-order valence-electron chi connectivity index (χ2n) is 6.36. The number of anilines is 1. The molecule has 2 saturated heterocycles. The Morgan fingerprint density at radius 1 is 1.08 bits per heavy atom. The zero-order valence-corrected chi connectivity index (χ0v) is 13.7. The molecule has 2 aliphatic rings. The second kappa shape index (κ2) is 7.42. The van der Waals surface area contributed by atoms with Crippen LogP contribution in [0.1, 0.15) is 31.2 Å². The zero-order valence-electron chi connectivity index (χ0n) is 13.7. The third-order valence-electron chi connectivity index (χ3n) is 4.61. The molecule has 24 heavy (non-hydrogen) atoms. The highest BCUT2D eigenvalue weighted by Crippen LogP contribution is 2.21. The van der Waals surface area contributed by atoms with Crippen molar-refractivity contribution in [3.8, 4) is 0 Å². The van der Waals surface area contributed by atoms with Crippen molar-refractivity contribution in [1.29, 1.82) is 0 Å². The number of carbonyl (C=O) groups is 2. The van der Waals surface area contributed by atoms with Crippen LogP contribution in [0.5, 0.6) is 0 Å². The molecule has 128 valence electrons. The van der Waals surface area contributed by atoms with E-state index in [9.17, 15) is 9.59 Å². The predicted octanol–water partition coefficient (Wildman–Crippen LogP) is 0.933. The van der Waals surface area contributed by atoms with Crippen molar-refractivity contribution in [2.45, 2.75) is 25.7 Å². The molecular weight excluding hydrogens is 306 g/mol. The number of hydrogen-bond acceptors (Lipinski definition) is 5. The van der Waals surface area contributed by atoms with Crippen molar-refractivity contribution >= 4 is 23.8 Å². The summed E-state index contributed by atoms with van der Waals surface area (Å²) in [7, 11) is 0. The van der Waals surface area contributed by atoms with Crippen LogP contribution in [0.2, 0.25) is 0 Å². The highest BCUT2D eigenvalue weighted by molar-refractivity contribution is 5.92. The monoisotopic (exact) mass is 329 g/mol. The molecule has 1 unspecified atom stereocenters. The fourth-order valence-electron chi connectivity index (χ4n) is 3.28. The van der Waals surface area contributed by atoms with Gasteiger partial charge in [0, 0.05) is 50.2 Å². The van der Waals surface area contributed by atoms with Crippen LogP contribution < -0.4 is 5.73 Å². The van der Waals surface area contributed by atoms with Crippen LogP contribution in [0.25, 0.3) is 6.08 Å². The van der Waals surface area contributed by atoms with E-state index in [1.807, 2.05) is 4.90 Å². The molecule has 2 N–H and O–H groups in total. The maximum atomic E-state index is 12.5. The number of hydrogen-bond donors (Lipinski definition) is 1. The lowest BCUT2D eigenvalue weighted by Crippen LogP contribution is -2.45. The summed E-state index contributed by atoms with van der Waals surface area (Å²) in [5.41, 5.74) is 6.16. The summed E-state index contributed by atoms with van der Waals surface area (Å²) in [5, 5.41) is 0. The number of amides is 2. The minimum atomic E-state index is -0.0780. The van der Waals surface area contributed by atoms with Gasteiger partial charge in [-0.1, -0.05) is 0 Å². The molecule has 7 heteroatoms. The molecule has 2 amide bonds. The fourth-order valence-corrected chi connectivity index (χ4v) is 3.28. The predicted molar refractivity (Wildman–Crippen MR) is 90.6 cm³/mol. The first-order chi connectivity index (χ1) is 11.6. The molecule has 3 heterocycles. The van der Waals surface area contributed by atoms with Crippen LogP contribution in [0, 0.1) is 5.92 Å². The Morgan fingerprint density at radius 2 is 1.75 bits per heavy atom. The van der Waals surface area contributed by atoms with Crippen molar-refractivity contribution in [1.82, 2.24) is 19.8 Å². The average molecular weight is 329 g/mol. The molecule has 2 fully saturated rings. The normalized spacial score (nSPS) is 21.4. The van der Waals surface area contributed by atoms with E-state index in [4.69, 9.17) is 5.73 Å². The Kier molecular flexibility index (Phi) is 5.08. The van der Waals surface area contributed by atoms with E-state index in [-0.39, 0.29) is 23.7 Å². The number of rotatable bonds is 3. The molecule has 0 radical (unpaired) electrons. The van der Waals surface area contributed by atoms with Gasteiger partial charge in [-0.3, -0.25) is 9.59 Å². The zero-order chi connectivity index (χ0) is 16.9. The van der Waals surface area contributed by atoms with E-state index in [1.54, 1.807) is 23.4 Å². The Balaban J connectivity index is 1.58. The Hall–Kier alpha value is -2.44. The molecule has 0 aromatic carbocycles. The van der Waals surface area contributed by atoms with Crippen LogP contribution in [0.15, 0.2) is 18.5 Å². The van der Waals surface area contributed by atoms with Crippen LogP contribution in [-0.4, -0.2) is 57.8 Å². The summed E-state index contributed by atoms with van der Waals surface area (Å²) in [4.78, 5) is 36.4. The Bertz CT molecular complexity index is 622. The van der Waals surface area contributed by atoms with Crippen molar-refractivity contribution in [2.75, 3.05) is 31.9 Å². The summed E-state index contributed by atoms with van der Waals surface area (Å²) >= 11 is 0. The lowest BCUT2D eigenvalue weighted by molar-refractivity contribution is -0.138. The van der Waals surface area contributed by atoms with Crippen molar-refractivity contribution in [2.24, 2.45) is 5.92 Å². The first-order valence-corrected chi connectivity index (χ1v) is 8.47. The molecule has 0 saturated carbocycles. The molecule has 2 aliphatic heterocycles. The summed E-state index contributed by atoms with van der Waals surface area (Å²) in [6.07, 6.45) is 10.2. The number of nitrogens with zero attached hydrogens (tertiary/aromatic N) is 4. The quantitative estimate of drug-likeness (QED) is 0.833. The van der Waals surface area contributed by atoms with E-state index >= 15 is 0 Å². The van der Waals surface area contributed by atoms with E-state index in [1.165, 1.54) is 6.08 Å². The van der Waals surface area contributed by atoms with Gasteiger partial charge in [-0.05, 0) is 31.8 Å². The van der Waals surface area contributed by atoms with Gasteiger partial charge in [0.15, 0.2) is 0 Å². The summed E-state index contributed by atoms with van der Waals surface area (Å²) in [6.45, 7) is 2.93. The minimum Gasteiger partial charge on any atom is -0.368 e. The molecule has 7 nitrogen and oxygen atoms in total. The van der Waals surface area contributed by atoms with Gasteiger partial charge in [0.2, 0.25) is 17.8 Å². The standard InChI is InChI=1S/C17H23N5O2/c18-17-19-10-13(11-20-17)5-6-15(23)22-9-3-4-14(12-22)16(24)21-7-1-2-8-21/h5-6,10-11,14H,1-4,7-9,12H2,(H2,18,19,20)/b6-5+. The van der Waals surface area contributed by atoms with Gasteiger partial charge in [-0.15, -0.1) is 0 Å². The van der Waals surface area contributed by atoms with Gasteiger partial charge >= 0.3 is 0 Å². The molecule has 3 rings (SSSR count). The molecule has 0 bridgehead atoms. The fraction of sp³-hybridized carbons (Fsp3) is 0.529. The van der Waals surface area contributed by atoms with Gasteiger partial charge in [-0.25, -0.2) is 9.97 Å². The van der Waals surface area contributed by atoms with E-state index in [0.717, 1.165) is 44.3 Å². The number of nitrogen functional groups attached to an aromatic ring is 1. The maximum Gasteiger partial charge on any atom is 0.246 e. The van der Waals surface area contributed by atoms with Gasteiger partial charge in [0.05, 0.1) is 5.92 Å². The first kappa shape index (κ1) is 16.4. The summed E-state index contributed by atoms with van der Waals surface area (Å²) < 4.78 is 0. The molecule has 0 spiro atoms. The lowest BCUT2D eigenvalue weighted by atomic mass is 9.96. The first-order valence-electron chi connectivity index (χ1n) is 8.47. The highest BCUT2D eigenvalue weighted by Gasteiger charge is 2.31. The van der Waals surface area contributed by atoms with Crippen LogP contribution in [0.4, 0.5) is 5.95 Å². The third-order valence-corrected chi connectivity index (χ3v) is 4.61. The molecular formula is C17H23N5O2. The summed E-state index contributed by atoms with van der Waals surface area (Å²) in [6, 6.07) is 0. The van der Waals surface area contributed by atoms with Crippen molar-refractivity contribution in [3.05, 3.63) is 24.0 Å². The van der Waals surface area contributed by atoms with E-state index < -0.39 is 0 Å². The maximum absolute atomic E-state index is 12.5. The second-order valence-corrected chi connectivity index (χ2v) is 6.36. The number of likely N-dealkylation sites (tertiary alicyclic amines) is 2. The Labute approximate surface area is 141 Å². The topological polar surface area (TPSA) is 92.4 Å². The van der Waals surface area contributed by atoms with Crippen LogP contribution in [0.3, 0.4) is 0 Å². The van der Waals surface area contributed by atoms with Gasteiger partial charge in [0.25, 0.3) is 0 Å². The van der Waals surface area contributed by atoms with E-state index in [0.29, 0.717) is 13.1 Å². The number of carbonyl (C=O) groups excluding carboxylic acids is 2. The van der Waals surface area contributed by atoms with Crippen LogP contribution in [-0.2, 0) is 9.59 Å². The van der Waals surface area contributed by atoms with Gasteiger partial charge in [-0.2, -0.15) is 0 Å². The van der Waals surface area contributed by atoms with Gasteiger partial charge < -0.3 is 15.5 Å². The number of piperidine rings is 1. The smallest absolute Gasteiger partial charge is 0.246 e. The number of nitrogens with two attached hydrogens (primary N) is 1. The lowest BCUT2D eigenvalue weighted by Gasteiger charge is -2.33. The highest BCUT2D eigenvalue weighted by atomic mass is 16.2. The molecule has 0 aliphatic carbocycles. The van der Waals surface area contributed by atoms with Crippen molar-refractivity contribution < 1.29 is 9.59 Å². The average Bonchev–Trinajstić information content (AvgIpc) is 3.15. The summed E-state index contributed by atoms with van der Waals surface area (Å²) in [5.74, 6) is 0.276. The largest absolute Gasteiger partial charge is 0.368 e. The minimum absolute atomic E-state index is 0.0611. The molecule has 1 atom stereocenters. The SMILES string of the molecule is Nc1ncc(/C=C/C(=O)N2CCCC(C(=O)N3CCCC3)C2)cn1. The molecule has 1 aromatic rings. The Morgan fingerprint density at radius 3 is 2.46 bits per heavy atom. The molecule has 1 aromatic heterocycles. The van der Waals surface area contributed by atoms with Crippen molar-refractivity contribution in [3.63, 3.8) is 0 Å². The van der Waals surface area contributed by atoms with Gasteiger partial charge in [0.1, 0.15) is 0 Å². The van der Waals surface area contributed by atoms with Crippen LogP contribution >= 0.6 is 0 Å². The van der Waals surface area contributed by atoms with E-state index in [2.05, 4.69) is 9.97 Å². The number of aromatic nitrogens is 2. The third kappa shape index (κ3) is 3.90.